The third kappa shape index (κ3) is 2.60. The van der Waals surface area contributed by atoms with Gasteiger partial charge in [-0.2, -0.15) is 13.2 Å². The second-order valence-corrected chi connectivity index (χ2v) is 6.74. The van der Waals surface area contributed by atoms with Gasteiger partial charge >= 0.3 is 24.1 Å². The first-order valence-electron chi connectivity index (χ1n) is 8.11. The molecular formula is C17H14F3NO7. The Kier molecular flexibility index (Phi) is 4.36. The number of fused-ring (bicyclic) bond motifs is 1. The molecular weight excluding hydrogens is 387 g/mol. The van der Waals surface area contributed by atoms with Gasteiger partial charge in [-0.15, -0.1) is 0 Å². The van der Waals surface area contributed by atoms with Gasteiger partial charge in [-0.3, -0.25) is 14.4 Å². The molecule has 3 N–H and O–H groups in total. The molecule has 4 atom stereocenters. The Labute approximate surface area is 155 Å². The second kappa shape index (κ2) is 6.21. The van der Waals surface area contributed by atoms with E-state index >= 15 is 0 Å². The molecule has 3 rings (SSSR count). The summed E-state index contributed by atoms with van der Waals surface area (Å²) >= 11 is 0. The number of benzene rings is 1. The standard InChI is InChI=1S/C17H14F3NO7/c18-17(19,20)8-3-1-7(2-4-8)12-10(13(23)24)11(14(25)26)16(15(27)28)6-5-9(22)21(12)16/h1-4,10-12H,5-6H2,(H,23,24)(H,25,26)(H,27,28). The van der Waals surface area contributed by atoms with Crippen molar-refractivity contribution in [2.75, 3.05) is 0 Å². The van der Waals surface area contributed by atoms with Gasteiger partial charge in [-0.05, 0) is 24.1 Å². The van der Waals surface area contributed by atoms with Crippen LogP contribution in [0.5, 0.6) is 0 Å². The third-order valence-electron chi connectivity index (χ3n) is 5.41. The van der Waals surface area contributed by atoms with Crippen LogP contribution in [0, 0.1) is 11.8 Å². The molecule has 2 fully saturated rings. The maximum atomic E-state index is 12.8. The normalized spacial score (nSPS) is 29.6. The van der Waals surface area contributed by atoms with E-state index in [1.165, 1.54) is 0 Å². The van der Waals surface area contributed by atoms with Gasteiger partial charge in [-0.1, -0.05) is 12.1 Å². The summed E-state index contributed by atoms with van der Waals surface area (Å²) < 4.78 is 38.4. The molecule has 8 nitrogen and oxygen atoms in total. The molecule has 28 heavy (non-hydrogen) atoms. The van der Waals surface area contributed by atoms with Crippen molar-refractivity contribution >= 4 is 23.8 Å². The molecule has 0 bridgehead atoms. The van der Waals surface area contributed by atoms with Gasteiger partial charge in [0.15, 0.2) is 5.54 Å². The van der Waals surface area contributed by atoms with Gasteiger partial charge in [0.05, 0.1) is 17.5 Å². The Hall–Kier alpha value is -3.11. The monoisotopic (exact) mass is 401 g/mol. The van der Waals surface area contributed by atoms with Gasteiger partial charge < -0.3 is 20.2 Å². The number of carboxylic acids is 3. The van der Waals surface area contributed by atoms with E-state index in [4.69, 9.17) is 0 Å². The number of carboxylic acid groups (broad SMARTS) is 3. The number of nitrogens with zero attached hydrogens (tertiary/aromatic N) is 1. The smallest absolute Gasteiger partial charge is 0.416 e. The lowest BCUT2D eigenvalue weighted by Gasteiger charge is -2.33. The van der Waals surface area contributed by atoms with Gasteiger partial charge in [0.25, 0.3) is 0 Å². The Morgan fingerprint density at radius 3 is 2.04 bits per heavy atom. The largest absolute Gasteiger partial charge is 0.481 e. The molecule has 150 valence electrons. The van der Waals surface area contributed by atoms with Crippen molar-refractivity contribution in [1.29, 1.82) is 0 Å². The maximum Gasteiger partial charge on any atom is 0.416 e. The molecule has 1 amide bonds. The van der Waals surface area contributed by atoms with E-state index in [9.17, 15) is 47.7 Å². The van der Waals surface area contributed by atoms with Gasteiger partial charge in [0.2, 0.25) is 5.91 Å². The summed E-state index contributed by atoms with van der Waals surface area (Å²) in [5.41, 5.74) is -3.38. The van der Waals surface area contributed by atoms with Crippen molar-refractivity contribution in [3.63, 3.8) is 0 Å². The number of hydrogen-bond donors (Lipinski definition) is 3. The molecule has 11 heteroatoms. The first kappa shape index (κ1) is 19.6. The van der Waals surface area contributed by atoms with E-state index in [0.717, 1.165) is 17.0 Å². The number of hydrogen-bond acceptors (Lipinski definition) is 4. The minimum Gasteiger partial charge on any atom is -0.481 e. The lowest BCUT2D eigenvalue weighted by atomic mass is 9.76. The van der Waals surface area contributed by atoms with Crippen LogP contribution in [0.3, 0.4) is 0 Å². The fourth-order valence-electron chi connectivity index (χ4n) is 4.31. The lowest BCUT2D eigenvalue weighted by molar-refractivity contribution is -0.163. The molecule has 2 saturated heterocycles. The maximum absolute atomic E-state index is 12.8. The fraction of sp³-hybridized carbons (Fsp3) is 0.412. The summed E-state index contributed by atoms with van der Waals surface area (Å²) in [6, 6.07) is 1.70. The van der Waals surface area contributed by atoms with Crippen LogP contribution in [0.15, 0.2) is 24.3 Å². The van der Waals surface area contributed by atoms with Crippen molar-refractivity contribution in [1.82, 2.24) is 4.90 Å². The molecule has 1 aromatic carbocycles. The molecule has 0 radical (unpaired) electrons. The quantitative estimate of drug-likeness (QED) is 0.698. The number of rotatable bonds is 4. The SMILES string of the molecule is O=C(O)C1C(c2ccc(C(F)(F)F)cc2)N2C(=O)CCC2(C(=O)O)C1C(=O)O. The van der Waals surface area contributed by atoms with E-state index in [0.29, 0.717) is 12.1 Å². The highest BCUT2D eigenvalue weighted by atomic mass is 19.4. The van der Waals surface area contributed by atoms with E-state index in [1.807, 2.05) is 0 Å². The van der Waals surface area contributed by atoms with Crippen LogP contribution in [0.2, 0.25) is 0 Å². The summed E-state index contributed by atoms with van der Waals surface area (Å²) in [5, 5.41) is 28.9. The van der Waals surface area contributed by atoms with Crippen molar-refractivity contribution in [3.8, 4) is 0 Å². The van der Waals surface area contributed by atoms with E-state index in [2.05, 4.69) is 0 Å². The topological polar surface area (TPSA) is 132 Å². The molecule has 4 unspecified atom stereocenters. The zero-order valence-corrected chi connectivity index (χ0v) is 14.0. The summed E-state index contributed by atoms with van der Waals surface area (Å²) in [6.45, 7) is 0. The van der Waals surface area contributed by atoms with Crippen LogP contribution in [-0.2, 0) is 25.4 Å². The van der Waals surface area contributed by atoms with Crippen molar-refractivity contribution in [2.24, 2.45) is 11.8 Å². The van der Waals surface area contributed by atoms with Crippen LogP contribution in [-0.4, -0.2) is 49.6 Å². The number of alkyl halides is 3. The highest BCUT2D eigenvalue weighted by Crippen LogP contribution is 2.56. The average Bonchev–Trinajstić information content (AvgIpc) is 3.08. The van der Waals surface area contributed by atoms with Crippen LogP contribution >= 0.6 is 0 Å². The molecule has 2 heterocycles. The van der Waals surface area contributed by atoms with Crippen molar-refractivity contribution < 1.29 is 47.7 Å². The zero-order valence-electron chi connectivity index (χ0n) is 14.0. The minimum atomic E-state index is -4.65. The van der Waals surface area contributed by atoms with Crippen molar-refractivity contribution in [3.05, 3.63) is 35.4 Å². The van der Waals surface area contributed by atoms with E-state index < -0.39 is 65.4 Å². The number of carbonyl (C=O) groups excluding carboxylic acids is 1. The lowest BCUT2D eigenvalue weighted by Crippen LogP contribution is -2.54. The predicted octanol–water partition coefficient (Wildman–Crippen LogP) is 1.61. The molecule has 0 aliphatic carbocycles. The van der Waals surface area contributed by atoms with Crippen LogP contribution in [0.4, 0.5) is 13.2 Å². The summed E-state index contributed by atoms with van der Waals surface area (Å²) in [4.78, 5) is 48.8. The highest BCUT2D eigenvalue weighted by molar-refractivity contribution is 5.99. The Morgan fingerprint density at radius 1 is 1.04 bits per heavy atom. The second-order valence-electron chi connectivity index (χ2n) is 6.74. The molecule has 2 aliphatic rings. The molecule has 0 aromatic heterocycles. The van der Waals surface area contributed by atoms with Gasteiger partial charge in [0, 0.05) is 6.42 Å². The number of carbonyl (C=O) groups is 4. The average molecular weight is 401 g/mol. The Bertz CT molecular complexity index is 866. The summed E-state index contributed by atoms with van der Waals surface area (Å²) in [6.07, 6.45) is -5.36. The number of halogens is 3. The van der Waals surface area contributed by atoms with Crippen molar-refractivity contribution in [2.45, 2.75) is 30.6 Å². The molecule has 1 aromatic rings. The van der Waals surface area contributed by atoms with Crippen LogP contribution in [0.1, 0.15) is 30.0 Å². The summed E-state index contributed by atoms with van der Waals surface area (Å²) in [7, 11) is 0. The molecule has 0 saturated carbocycles. The van der Waals surface area contributed by atoms with Crippen LogP contribution in [0.25, 0.3) is 0 Å². The first-order chi connectivity index (χ1) is 12.9. The highest BCUT2D eigenvalue weighted by Gasteiger charge is 2.71. The van der Waals surface area contributed by atoms with Gasteiger partial charge in [0.1, 0.15) is 5.92 Å². The van der Waals surface area contributed by atoms with E-state index in [-0.39, 0.29) is 12.0 Å². The molecule has 2 aliphatic heterocycles. The Morgan fingerprint density at radius 2 is 1.61 bits per heavy atom. The fourth-order valence-corrected chi connectivity index (χ4v) is 4.31. The number of amides is 1. The van der Waals surface area contributed by atoms with E-state index in [1.54, 1.807) is 0 Å². The zero-order chi connectivity index (χ0) is 21.0. The minimum absolute atomic E-state index is 0.0787. The first-order valence-corrected chi connectivity index (χ1v) is 8.11. The predicted molar refractivity (Wildman–Crippen MR) is 82.9 cm³/mol. The Balaban J connectivity index is 2.20. The third-order valence-corrected chi connectivity index (χ3v) is 5.41. The van der Waals surface area contributed by atoms with Gasteiger partial charge in [-0.25, -0.2) is 4.79 Å². The number of aliphatic carboxylic acids is 3. The van der Waals surface area contributed by atoms with Crippen LogP contribution < -0.4 is 0 Å². The molecule has 0 spiro atoms. The summed E-state index contributed by atoms with van der Waals surface area (Å²) in [5.74, 6) is -9.58.